The molecule has 0 saturated heterocycles. The molecule has 82 valence electrons. The normalized spacial score (nSPS) is 12.2. The predicted molar refractivity (Wildman–Crippen MR) is 65.1 cm³/mol. The molecule has 0 atom stereocenters. The first-order chi connectivity index (χ1) is 6.90. The SMILES string of the molecule is O=S(=O)(Cl)CC=Cc1cccc(Cl)c1Cl. The summed E-state index contributed by atoms with van der Waals surface area (Å²) < 4.78 is 21.3. The average Bonchev–Trinajstić information content (AvgIpc) is 2.10. The lowest BCUT2D eigenvalue weighted by Gasteiger charge is -1.99. The lowest BCUT2D eigenvalue weighted by atomic mass is 10.2. The van der Waals surface area contributed by atoms with Gasteiger partial charge >= 0.3 is 0 Å². The van der Waals surface area contributed by atoms with Gasteiger partial charge in [-0.15, -0.1) is 0 Å². The molecule has 0 heterocycles. The Morgan fingerprint density at radius 1 is 1.27 bits per heavy atom. The summed E-state index contributed by atoms with van der Waals surface area (Å²) in [5.74, 6) is -0.239. The summed E-state index contributed by atoms with van der Waals surface area (Å²) in [6.45, 7) is 0. The summed E-state index contributed by atoms with van der Waals surface area (Å²) in [5.41, 5.74) is 0.657. The third-order valence-corrected chi connectivity index (χ3v) is 3.38. The Morgan fingerprint density at radius 2 is 1.93 bits per heavy atom. The molecule has 2 nitrogen and oxygen atoms in total. The molecular formula is C9H7Cl3O2S. The summed E-state index contributed by atoms with van der Waals surface area (Å²) in [6, 6.07) is 5.11. The van der Waals surface area contributed by atoms with Gasteiger partial charge in [0.15, 0.2) is 0 Å². The molecule has 1 aromatic carbocycles. The van der Waals surface area contributed by atoms with Crippen LogP contribution in [-0.2, 0) is 9.05 Å². The zero-order chi connectivity index (χ0) is 11.5. The van der Waals surface area contributed by atoms with E-state index in [1.165, 1.54) is 6.08 Å². The van der Waals surface area contributed by atoms with E-state index < -0.39 is 9.05 Å². The molecule has 0 saturated carbocycles. The molecule has 0 bridgehead atoms. The van der Waals surface area contributed by atoms with Crippen LogP contribution >= 0.6 is 33.9 Å². The van der Waals surface area contributed by atoms with Gasteiger partial charge in [0.1, 0.15) is 0 Å². The average molecular weight is 286 g/mol. The van der Waals surface area contributed by atoms with Gasteiger partial charge in [-0.05, 0) is 11.6 Å². The zero-order valence-corrected chi connectivity index (χ0v) is 10.5. The number of rotatable bonds is 3. The van der Waals surface area contributed by atoms with Gasteiger partial charge in [0.05, 0.1) is 15.8 Å². The molecule has 0 spiro atoms. The molecule has 0 fully saturated rings. The van der Waals surface area contributed by atoms with Crippen molar-refractivity contribution in [2.75, 3.05) is 5.75 Å². The van der Waals surface area contributed by atoms with E-state index in [2.05, 4.69) is 0 Å². The standard InChI is InChI=1S/C9H7Cl3O2S/c10-8-5-1-3-7(9(8)11)4-2-6-15(12,13)14/h1-5H,6H2. The van der Waals surface area contributed by atoms with Crippen LogP contribution < -0.4 is 0 Å². The van der Waals surface area contributed by atoms with E-state index in [0.717, 1.165) is 0 Å². The number of benzene rings is 1. The molecule has 15 heavy (non-hydrogen) atoms. The third kappa shape index (κ3) is 4.43. The van der Waals surface area contributed by atoms with Gasteiger partial charge in [0, 0.05) is 10.7 Å². The summed E-state index contributed by atoms with van der Waals surface area (Å²) in [6.07, 6.45) is 2.98. The van der Waals surface area contributed by atoms with Crippen LogP contribution in [0, 0.1) is 0 Å². The topological polar surface area (TPSA) is 34.1 Å². The quantitative estimate of drug-likeness (QED) is 0.796. The van der Waals surface area contributed by atoms with Gasteiger partial charge in [-0.25, -0.2) is 8.42 Å². The van der Waals surface area contributed by atoms with Gasteiger partial charge < -0.3 is 0 Å². The van der Waals surface area contributed by atoms with Gasteiger partial charge in [-0.2, -0.15) is 0 Å². The highest BCUT2D eigenvalue weighted by Crippen LogP contribution is 2.26. The van der Waals surface area contributed by atoms with E-state index in [1.807, 2.05) is 0 Å². The maximum absolute atomic E-state index is 10.6. The molecule has 1 aromatic rings. The molecule has 0 aliphatic heterocycles. The van der Waals surface area contributed by atoms with Crippen LogP contribution in [0.5, 0.6) is 0 Å². The fourth-order valence-corrected chi connectivity index (χ4v) is 1.85. The van der Waals surface area contributed by atoms with Crippen molar-refractivity contribution in [3.8, 4) is 0 Å². The highest BCUT2D eigenvalue weighted by Gasteiger charge is 2.03. The van der Waals surface area contributed by atoms with Crippen molar-refractivity contribution in [1.29, 1.82) is 0 Å². The summed E-state index contributed by atoms with van der Waals surface area (Å²) >= 11 is 11.7. The second-order valence-corrected chi connectivity index (χ2v) is 6.36. The largest absolute Gasteiger partial charge is 0.236 e. The molecular weight excluding hydrogens is 279 g/mol. The predicted octanol–water partition coefficient (Wildman–Crippen LogP) is 3.58. The van der Waals surface area contributed by atoms with Gasteiger partial charge in [0.2, 0.25) is 9.05 Å². The summed E-state index contributed by atoms with van der Waals surface area (Å²) in [7, 11) is 1.52. The van der Waals surface area contributed by atoms with Crippen LogP contribution in [0.15, 0.2) is 24.3 Å². The number of halogens is 3. The second-order valence-electron chi connectivity index (χ2n) is 2.75. The van der Waals surface area contributed by atoms with Gasteiger partial charge in [-0.1, -0.05) is 47.5 Å². The molecule has 0 unspecified atom stereocenters. The summed E-state index contributed by atoms with van der Waals surface area (Å²) in [4.78, 5) is 0. The lowest BCUT2D eigenvalue weighted by molar-refractivity contribution is 0.612. The molecule has 0 radical (unpaired) electrons. The fraction of sp³-hybridized carbons (Fsp3) is 0.111. The van der Waals surface area contributed by atoms with Crippen LogP contribution in [0.1, 0.15) is 5.56 Å². The van der Waals surface area contributed by atoms with E-state index in [4.69, 9.17) is 33.9 Å². The maximum Gasteiger partial charge on any atom is 0.236 e. The molecule has 0 aliphatic carbocycles. The van der Waals surface area contributed by atoms with Crippen molar-refractivity contribution < 1.29 is 8.42 Å². The Kier molecular flexibility index (Phi) is 4.46. The van der Waals surface area contributed by atoms with E-state index in [9.17, 15) is 8.42 Å². The van der Waals surface area contributed by atoms with Crippen molar-refractivity contribution in [3.63, 3.8) is 0 Å². The Morgan fingerprint density at radius 3 is 2.53 bits per heavy atom. The Bertz CT molecular complexity index is 480. The first-order valence-corrected chi connectivity index (χ1v) is 7.16. The Hall–Kier alpha value is -0.220. The van der Waals surface area contributed by atoms with Gasteiger partial charge in [-0.3, -0.25) is 0 Å². The minimum Gasteiger partial charge on any atom is -0.212 e. The van der Waals surface area contributed by atoms with E-state index >= 15 is 0 Å². The Labute approximate surface area is 103 Å². The number of hydrogen-bond acceptors (Lipinski definition) is 2. The Balaban J connectivity index is 2.86. The van der Waals surface area contributed by atoms with Crippen molar-refractivity contribution >= 4 is 49.0 Å². The molecule has 0 N–H and O–H groups in total. The van der Waals surface area contributed by atoms with Crippen molar-refractivity contribution in [1.82, 2.24) is 0 Å². The highest BCUT2D eigenvalue weighted by molar-refractivity contribution is 8.13. The van der Waals surface area contributed by atoms with Crippen LogP contribution in [-0.4, -0.2) is 14.2 Å². The smallest absolute Gasteiger partial charge is 0.212 e. The van der Waals surface area contributed by atoms with Crippen LogP contribution in [0.3, 0.4) is 0 Å². The van der Waals surface area contributed by atoms with Crippen LogP contribution in [0.4, 0.5) is 0 Å². The second kappa shape index (κ2) is 5.21. The van der Waals surface area contributed by atoms with Crippen molar-refractivity contribution in [2.24, 2.45) is 0 Å². The van der Waals surface area contributed by atoms with E-state index in [0.29, 0.717) is 15.6 Å². The molecule has 0 aliphatic rings. The molecule has 0 aromatic heterocycles. The third-order valence-electron chi connectivity index (χ3n) is 1.57. The number of hydrogen-bond donors (Lipinski definition) is 0. The minimum absolute atomic E-state index is 0.239. The fourth-order valence-electron chi connectivity index (χ4n) is 0.939. The molecule has 6 heteroatoms. The monoisotopic (exact) mass is 284 g/mol. The van der Waals surface area contributed by atoms with E-state index in [-0.39, 0.29) is 5.75 Å². The lowest BCUT2D eigenvalue weighted by Crippen LogP contribution is -1.91. The first kappa shape index (κ1) is 12.8. The zero-order valence-electron chi connectivity index (χ0n) is 7.45. The van der Waals surface area contributed by atoms with Crippen molar-refractivity contribution in [2.45, 2.75) is 0 Å². The minimum atomic E-state index is -3.51. The highest BCUT2D eigenvalue weighted by atomic mass is 35.7. The van der Waals surface area contributed by atoms with E-state index in [1.54, 1.807) is 24.3 Å². The van der Waals surface area contributed by atoms with Crippen LogP contribution in [0.25, 0.3) is 6.08 Å². The summed E-state index contributed by atoms with van der Waals surface area (Å²) in [5, 5.41) is 0.815. The van der Waals surface area contributed by atoms with Crippen molar-refractivity contribution in [3.05, 3.63) is 39.9 Å². The van der Waals surface area contributed by atoms with Crippen LogP contribution in [0.2, 0.25) is 10.0 Å². The molecule has 1 rings (SSSR count). The molecule has 0 amide bonds. The van der Waals surface area contributed by atoms with Gasteiger partial charge in [0.25, 0.3) is 0 Å². The first-order valence-electron chi connectivity index (χ1n) is 3.93. The maximum atomic E-state index is 10.6.